The second-order valence-electron chi connectivity index (χ2n) is 4.18. The average Bonchev–Trinajstić information content (AvgIpc) is 3.03. The molecule has 1 atom stereocenters. The van der Waals surface area contributed by atoms with Crippen LogP contribution in [0.1, 0.15) is 11.1 Å². The van der Waals surface area contributed by atoms with Crippen molar-refractivity contribution >= 4 is 23.5 Å². The molecule has 0 saturated heterocycles. The number of anilines is 1. The quantitative estimate of drug-likeness (QED) is 0.873. The molecule has 1 aromatic heterocycles. The fourth-order valence-electron chi connectivity index (χ4n) is 2.00. The molecule has 0 aliphatic carbocycles. The molecule has 1 amide bonds. The van der Waals surface area contributed by atoms with Gasteiger partial charge in [0.15, 0.2) is 0 Å². The highest BCUT2D eigenvalue weighted by Gasteiger charge is 2.28. The maximum Gasteiger partial charge on any atom is 0.239 e. The number of hydrogen-bond donors (Lipinski definition) is 2. The summed E-state index contributed by atoms with van der Waals surface area (Å²) in [6, 6.07) is 9.97. The first kappa shape index (κ1) is 11.8. The van der Waals surface area contributed by atoms with Crippen molar-refractivity contribution in [3.05, 3.63) is 41.6 Å². The van der Waals surface area contributed by atoms with Gasteiger partial charge in [0.25, 0.3) is 0 Å². The molecule has 0 bridgehead atoms. The molecule has 2 heterocycles. The maximum absolute atomic E-state index is 12.2. The van der Waals surface area contributed by atoms with E-state index in [9.17, 15) is 4.79 Å². The Morgan fingerprint density at radius 2 is 2.37 bits per heavy atom. The van der Waals surface area contributed by atoms with E-state index in [0.717, 1.165) is 4.90 Å². The Morgan fingerprint density at radius 3 is 3.16 bits per heavy atom. The average molecular weight is 270 g/mol. The number of hydrogen-bond acceptors (Lipinski definition) is 4. The van der Waals surface area contributed by atoms with E-state index < -0.39 is 0 Å². The first-order valence-corrected chi connectivity index (χ1v) is 6.65. The number of aromatic nitrogens is 2. The topological polar surface area (TPSA) is 81.6 Å². The molecule has 2 N–H and O–H groups in total. The Hall–Kier alpha value is -2.26. The zero-order valence-corrected chi connectivity index (χ0v) is 10.7. The maximum atomic E-state index is 12.2. The van der Waals surface area contributed by atoms with Gasteiger partial charge in [-0.25, -0.2) is 0 Å². The van der Waals surface area contributed by atoms with Crippen molar-refractivity contribution in [2.24, 2.45) is 0 Å². The van der Waals surface area contributed by atoms with Gasteiger partial charge >= 0.3 is 0 Å². The highest BCUT2D eigenvalue weighted by atomic mass is 32.2. The minimum Gasteiger partial charge on any atom is -0.309 e. The minimum absolute atomic E-state index is 0.109. The van der Waals surface area contributed by atoms with E-state index in [4.69, 9.17) is 5.26 Å². The van der Waals surface area contributed by atoms with Gasteiger partial charge in [0.05, 0.1) is 11.4 Å². The normalized spacial score (nSPS) is 16.7. The lowest BCUT2D eigenvalue weighted by Crippen LogP contribution is -2.25. The predicted molar refractivity (Wildman–Crippen MR) is 71.7 cm³/mol. The summed E-state index contributed by atoms with van der Waals surface area (Å²) in [7, 11) is 0. The van der Waals surface area contributed by atoms with E-state index in [1.807, 2.05) is 30.3 Å². The number of fused-ring (bicyclic) bond motifs is 1. The molecule has 0 radical (unpaired) electrons. The third-order valence-electron chi connectivity index (χ3n) is 2.95. The van der Waals surface area contributed by atoms with Crippen LogP contribution < -0.4 is 5.32 Å². The van der Waals surface area contributed by atoms with Crippen molar-refractivity contribution in [2.75, 3.05) is 5.32 Å². The summed E-state index contributed by atoms with van der Waals surface area (Å²) >= 11 is 1.55. The molecule has 19 heavy (non-hydrogen) atoms. The Bertz CT molecular complexity index is 648. The second kappa shape index (κ2) is 4.78. The summed E-state index contributed by atoms with van der Waals surface area (Å²) in [4.78, 5) is 13.3. The molecular weight excluding hydrogens is 260 g/mol. The molecule has 5 nitrogen and oxygen atoms in total. The number of benzene rings is 1. The van der Waals surface area contributed by atoms with E-state index in [-0.39, 0.29) is 11.2 Å². The van der Waals surface area contributed by atoms with E-state index in [0.29, 0.717) is 17.8 Å². The first-order chi connectivity index (χ1) is 9.28. The lowest BCUT2D eigenvalue weighted by atomic mass is 10.1. The van der Waals surface area contributed by atoms with Crippen molar-refractivity contribution in [3.63, 3.8) is 0 Å². The highest BCUT2D eigenvalue weighted by molar-refractivity contribution is 8.01. The molecule has 0 saturated carbocycles. The van der Waals surface area contributed by atoms with Crippen LogP contribution in [-0.4, -0.2) is 21.4 Å². The summed E-state index contributed by atoms with van der Waals surface area (Å²) < 4.78 is 0. The zero-order valence-electron chi connectivity index (χ0n) is 9.88. The summed E-state index contributed by atoms with van der Waals surface area (Å²) in [6.45, 7) is 0. The van der Waals surface area contributed by atoms with Crippen molar-refractivity contribution < 1.29 is 4.79 Å². The smallest absolute Gasteiger partial charge is 0.239 e. The molecule has 0 fully saturated rings. The van der Waals surface area contributed by atoms with Crippen LogP contribution in [0.3, 0.4) is 0 Å². The van der Waals surface area contributed by atoms with Crippen LogP contribution in [0, 0.1) is 11.3 Å². The SMILES string of the molecule is N#Cc1cn[nH]c1NC(=O)C1Cc2ccccc2S1. The van der Waals surface area contributed by atoms with Crippen molar-refractivity contribution in [3.8, 4) is 6.07 Å². The standard InChI is InChI=1S/C13H10N4OS/c14-6-9-7-15-17-12(9)16-13(18)11-5-8-3-1-2-4-10(8)19-11/h1-4,7,11H,5H2,(H2,15,16,17,18). The molecule has 3 rings (SSSR count). The molecule has 1 aromatic carbocycles. The molecule has 1 unspecified atom stereocenters. The van der Waals surface area contributed by atoms with Crippen LogP contribution in [0.25, 0.3) is 0 Å². The predicted octanol–water partition coefficient (Wildman–Crippen LogP) is 1.94. The Morgan fingerprint density at radius 1 is 1.53 bits per heavy atom. The van der Waals surface area contributed by atoms with Crippen molar-refractivity contribution in [1.82, 2.24) is 10.2 Å². The van der Waals surface area contributed by atoms with Crippen LogP contribution in [0.15, 0.2) is 35.4 Å². The Kier molecular flexibility index (Phi) is 2.97. The lowest BCUT2D eigenvalue weighted by molar-refractivity contribution is -0.115. The number of H-pyrrole nitrogens is 1. The van der Waals surface area contributed by atoms with Gasteiger partial charge in [-0.3, -0.25) is 9.89 Å². The number of nitrogens with one attached hydrogen (secondary N) is 2. The van der Waals surface area contributed by atoms with E-state index in [1.165, 1.54) is 11.8 Å². The summed E-state index contributed by atoms with van der Waals surface area (Å²) in [5, 5.41) is 17.8. The monoisotopic (exact) mass is 270 g/mol. The fraction of sp³-hybridized carbons (Fsp3) is 0.154. The molecule has 2 aromatic rings. The third kappa shape index (κ3) is 2.20. The molecule has 1 aliphatic heterocycles. The largest absolute Gasteiger partial charge is 0.309 e. The zero-order chi connectivity index (χ0) is 13.2. The fourth-order valence-corrected chi connectivity index (χ4v) is 3.19. The van der Waals surface area contributed by atoms with Crippen LogP contribution in [-0.2, 0) is 11.2 Å². The van der Waals surface area contributed by atoms with Gasteiger partial charge in [-0.1, -0.05) is 18.2 Å². The molecular formula is C13H10N4OS. The number of rotatable bonds is 2. The number of amides is 1. The van der Waals surface area contributed by atoms with Gasteiger partial charge in [-0.15, -0.1) is 11.8 Å². The van der Waals surface area contributed by atoms with Crippen molar-refractivity contribution in [2.45, 2.75) is 16.6 Å². The third-order valence-corrected chi connectivity index (χ3v) is 4.27. The highest BCUT2D eigenvalue weighted by Crippen LogP contribution is 2.37. The van der Waals surface area contributed by atoms with Crippen LogP contribution in [0.2, 0.25) is 0 Å². The molecule has 0 spiro atoms. The van der Waals surface area contributed by atoms with Gasteiger partial charge in [-0.2, -0.15) is 10.4 Å². The molecule has 94 valence electrons. The number of carbonyl (C=O) groups excluding carboxylic acids is 1. The van der Waals surface area contributed by atoms with Gasteiger partial charge in [-0.05, 0) is 18.1 Å². The number of aromatic amines is 1. The minimum atomic E-state index is -0.160. The van der Waals surface area contributed by atoms with Crippen molar-refractivity contribution in [1.29, 1.82) is 5.26 Å². The summed E-state index contributed by atoms with van der Waals surface area (Å²) in [6.07, 6.45) is 2.11. The van der Waals surface area contributed by atoms with E-state index in [1.54, 1.807) is 11.8 Å². The van der Waals surface area contributed by atoms with E-state index >= 15 is 0 Å². The number of nitrogens with zero attached hydrogens (tertiary/aromatic N) is 2. The van der Waals surface area contributed by atoms with Crippen LogP contribution in [0.4, 0.5) is 5.82 Å². The Labute approximate surface area is 114 Å². The summed E-state index contributed by atoms with van der Waals surface area (Å²) in [5.74, 6) is 0.256. The Balaban J connectivity index is 1.72. The summed E-state index contributed by atoms with van der Waals surface area (Å²) in [5.41, 5.74) is 1.53. The molecule has 6 heteroatoms. The number of thioether (sulfide) groups is 1. The van der Waals surface area contributed by atoms with Crippen LogP contribution in [0.5, 0.6) is 0 Å². The molecule has 1 aliphatic rings. The lowest BCUT2D eigenvalue weighted by Gasteiger charge is -2.08. The van der Waals surface area contributed by atoms with E-state index in [2.05, 4.69) is 15.5 Å². The second-order valence-corrected chi connectivity index (χ2v) is 5.42. The van der Waals surface area contributed by atoms with Crippen LogP contribution >= 0.6 is 11.8 Å². The first-order valence-electron chi connectivity index (χ1n) is 5.77. The number of nitriles is 1. The van der Waals surface area contributed by atoms with Gasteiger partial charge < -0.3 is 5.32 Å². The van der Waals surface area contributed by atoms with Gasteiger partial charge in [0.1, 0.15) is 17.5 Å². The van der Waals surface area contributed by atoms with Gasteiger partial charge in [0.2, 0.25) is 5.91 Å². The van der Waals surface area contributed by atoms with Gasteiger partial charge in [0, 0.05) is 4.90 Å². The number of carbonyl (C=O) groups is 1.